The molecule has 31 heavy (non-hydrogen) atoms. The minimum absolute atomic E-state index is 0.322. The van der Waals surface area contributed by atoms with Gasteiger partial charge < -0.3 is 19.9 Å². The zero-order valence-corrected chi connectivity index (χ0v) is 19.5. The standard InChI is InChI=1S/C26H40N2O3/c1-26(2)21-9-6-20(24(26)14-21)17-31-18-22(29)15-27-16-25(28-12-4-5-13-28)19-7-10-23(30-3)11-8-19/h6-8,10-11,21-22,24-25,27,29H,4-5,9,12-18H2,1-3H3/t21-,22+,24+,25+/m0/s1. The zero-order chi connectivity index (χ0) is 21.8. The number of aliphatic hydroxyl groups is 1. The topological polar surface area (TPSA) is 54.0 Å². The monoisotopic (exact) mass is 428 g/mol. The molecule has 0 aromatic heterocycles. The van der Waals surface area contributed by atoms with Gasteiger partial charge in [0.2, 0.25) is 0 Å². The van der Waals surface area contributed by atoms with Gasteiger partial charge in [-0.05, 0) is 79.3 Å². The Balaban J connectivity index is 1.21. The third-order valence-corrected chi connectivity index (χ3v) is 7.96. The third kappa shape index (κ3) is 5.16. The van der Waals surface area contributed by atoms with Crippen LogP contribution < -0.4 is 10.1 Å². The van der Waals surface area contributed by atoms with E-state index < -0.39 is 6.10 Å². The molecule has 2 N–H and O–H groups in total. The highest BCUT2D eigenvalue weighted by Crippen LogP contribution is 2.59. The van der Waals surface area contributed by atoms with Crippen LogP contribution in [0.4, 0.5) is 0 Å². The van der Waals surface area contributed by atoms with Crippen LogP contribution in [0.2, 0.25) is 0 Å². The van der Waals surface area contributed by atoms with Crippen LogP contribution in [0.25, 0.3) is 0 Å². The quantitative estimate of drug-likeness (QED) is 0.525. The molecule has 0 radical (unpaired) electrons. The molecule has 4 atom stereocenters. The Kier molecular flexibility index (Phi) is 7.37. The van der Waals surface area contributed by atoms with Crippen molar-refractivity contribution in [3.63, 3.8) is 0 Å². The second-order valence-electron chi connectivity index (χ2n) is 10.2. The van der Waals surface area contributed by atoms with Crippen LogP contribution in [0.3, 0.4) is 0 Å². The molecule has 1 saturated carbocycles. The summed E-state index contributed by atoms with van der Waals surface area (Å²) in [5.74, 6) is 2.41. The van der Waals surface area contributed by atoms with Crippen molar-refractivity contribution < 1.29 is 14.6 Å². The summed E-state index contributed by atoms with van der Waals surface area (Å²) in [7, 11) is 1.70. The molecule has 5 nitrogen and oxygen atoms in total. The number of ether oxygens (including phenoxy) is 2. The molecule has 4 aliphatic rings. The molecule has 0 unspecified atom stereocenters. The van der Waals surface area contributed by atoms with Gasteiger partial charge in [0.1, 0.15) is 5.75 Å². The Bertz CT molecular complexity index is 740. The van der Waals surface area contributed by atoms with Gasteiger partial charge in [-0.2, -0.15) is 0 Å². The van der Waals surface area contributed by atoms with Crippen LogP contribution in [-0.2, 0) is 4.74 Å². The van der Waals surface area contributed by atoms with E-state index in [1.165, 1.54) is 36.8 Å². The van der Waals surface area contributed by atoms with E-state index in [2.05, 4.69) is 42.3 Å². The molecule has 172 valence electrons. The molecule has 0 spiro atoms. The number of fused-ring (bicyclic) bond motifs is 1. The molecule has 5 heteroatoms. The molecule has 0 amide bonds. The lowest BCUT2D eigenvalue weighted by Crippen LogP contribution is -2.48. The van der Waals surface area contributed by atoms with E-state index >= 15 is 0 Å². The molecule has 3 aliphatic carbocycles. The highest BCUT2D eigenvalue weighted by Gasteiger charge is 2.50. The van der Waals surface area contributed by atoms with Crippen LogP contribution in [0.15, 0.2) is 35.9 Å². The van der Waals surface area contributed by atoms with Crippen LogP contribution >= 0.6 is 0 Å². The van der Waals surface area contributed by atoms with E-state index in [0.29, 0.717) is 37.1 Å². The summed E-state index contributed by atoms with van der Waals surface area (Å²) in [6, 6.07) is 8.71. The average Bonchev–Trinajstić information content (AvgIpc) is 3.31. The first-order chi connectivity index (χ1) is 15.0. The Morgan fingerprint density at radius 3 is 2.55 bits per heavy atom. The van der Waals surface area contributed by atoms with Gasteiger partial charge in [-0.3, -0.25) is 4.90 Å². The van der Waals surface area contributed by atoms with Gasteiger partial charge in [0.15, 0.2) is 0 Å². The molecule has 1 aromatic carbocycles. The number of nitrogens with zero attached hydrogens (tertiary/aromatic N) is 1. The first-order valence-corrected chi connectivity index (χ1v) is 12.0. The second-order valence-corrected chi connectivity index (χ2v) is 10.2. The molecule has 2 fully saturated rings. The van der Waals surface area contributed by atoms with Crippen molar-refractivity contribution in [2.75, 3.05) is 46.5 Å². The summed E-state index contributed by atoms with van der Waals surface area (Å²) in [5.41, 5.74) is 3.17. The van der Waals surface area contributed by atoms with Gasteiger partial charge >= 0.3 is 0 Å². The van der Waals surface area contributed by atoms with E-state index in [1.807, 2.05) is 12.1 Å². The van der Waals surface area contributed by atoms with E-state index in [-0.39, 0.29) is 0 Å². The van der Waals surface area contributed by atoms with Crippen LogP contribution in [0, 0.1) is 17.3 Å². The average molecular weight is 429 g/mol. The first kappa shape index (κ1) is 22.8. The number of rotatable bonds is 11. The number of nitrogens with one attached hydrogen (secondary N) is 1. The van der Waals surface area contributed by atoms with Crippen LogP contribution in [-0.4, -0.2) is 62.6 Å². The highest BCUT2D eigenvalue weighted by atomic mass is 16.5. The summed E-state index contributed by atoms with van der Waals surface area (Å²) in [5, 5.41) is 13.9. The smallest absolute Gasteiger partial charge is 0.118 e. The van der Waals surface area contributed by atoms with Gasteiger partial charge in [-0.15, -0.1) is 0 Å². The Labute approximate surface area is 187 Å². The molecular formula is C26H40N2O3. The number of methoxy groups -OCH3 is 1. The molecule has 1 aliphatic heterocycles. The fraction of sp³-hybridized carbons (Fsp3) is 0.692. The summed E-state index contributed by atoms with van der Waals surface area (Å²) in [6.45, 7) is 9.48. The van der Waals surface area contributed by atoms with Crippen molar-refractivity contribution in [3.05, 3.63) is 41.5 Å². The lowest BCUT2D eigenvalue weighted by Gasteiger charge is -2.56. The maximum atomic E-state index is 10.4. The van der Waals surface area contributed by atoms with Gasteiger partial charge in [0, 0.05) is 19.1 Å². The van der Waals surface area contributed by atoms with Gasteiger partial charge in [0.25, 0.3) is 0 Å². The van der Waals surface area contributed by atoms with Crippen molar-refractivity contribution >= 4 is 0 Å². The van der Waals surface area contributed by atoms with Crippen LogP contribution in [0.1, 0.15) is 51.1 Å². The number of allylic oxidation sites excluding steroid dienone is 1. The Morgan fingerprint density at radius 2 is 1.90 bits per heavy atom. The molecule has 5 rings (SSSR count). The number of aliphatic hydroxyl groups excluding tert-OH is 1. The van der Waals surface area contributed by atoms with Gasteiger partial charge in [-0.1, -0.05) is 32.1 Å². The number of hydrogen-bond acceptors (Lipinski definition) is 5. The predicted molar refractivity (Wildman–Crippen MR) is 124 cm³/mol. The lowest BCUT2D eigenvalue weighted by atomic mass is 9.49. The van der Waals surface area contributed by atoms with Crippen molar-refractivity contribution in [2.24, 2.45) is 17.3 Å². The first-order valence-electron chi connectivity index (χ1n) is 12.0. The summed E-state index contributed by atoms with van der Waals surface area (Å²) in [4.78, 5) is 2.54. The van der Waals surface area contributed by atoms with Crippen molar-refractivity contribution in [1.82, 2.24) is 10.2 Å². The summed E-state index contributed by atoms with van der Waals surface area (Å²) >= 11 is 0. The summed E-state index contributed by atoms with van der Waals surface area (Å²) in [6.07, 6.45) is 6.92. The SMILES string of the molecule is COc1ccc([C@@H](CNC[C@@H](O)COCC2=CC[C@H]3C[C@H]2C3(C)C)N2CCCC2)cc1. The van der Waals surface area contributed by atoms with E-state index in [0.717, 1.165) is 31.3 Å². The van der Waals surface area contributed by atoms with Crippen molar-refractivity contribution in [3.8, 4) is 5.75 Å². The van der Waals surface area contributed by atoms with Gasteiger partial charge in [-0.25, -0.2) is 0 Å². The Morgan fingerprint density at radius 1 is 1.16 bits per heavy atom. The Hall–Kier alpha value is -1.40. The van der Waals surface area contributed by atoms with E-state index in [9.17, 15) is 5.11 Å². The normalized spacial score (nSPS) is 26.8. The van der Waals surface area contributed by atoms with Gasteiger partial charge in [0.05, 0.1) is 26.4 Å². The van der Waals surface area contributed by atoms with E-state index in [4.69, 9.17) is 9.47 Å². The predicted octanol–water partition coefficient (Wildman–Crippen LogP) is 3.79. The van der Waals surface area contributed by atoms with Crippen LogP contribution in [0.5, 0.6) is 5.75 Å². The van der Waals surface area contributed by atoms with Crippen molar-refractivity contribution in [2.45, 2.75) is 51.7 Å². The fourth-order valence-corrected chi connectivity index (χ4v) is 5.74. The fourth-order valence-electron chi connectivity index (χ4n) is 5.74. The van der Waals surface area contributed by atoms with E-state index in [1.54, 1.807) is 7.11 Å². The molecule has 1 heterocycles. The molecule has 1 saturated heterocycles. The second kappa shape index (κ2) is 10.0. The third-order valence-electron chi connectivity index (χ3n) is 7.96. The molecular weight excluding hydrogens is 388 g/mol. The maximum absolute atomic E-state index is 10.4. The highest BCUT2D eigenvalue weighted by molar-refractivity contribution is 5.29. The molecule has 2 bridgehead atoms. The largest absolute Gasteiger partial charge is 0.497 e. The number of likely N-dealkylation sites (tertiary alicyclic amines) is 1. The molecule has 1 aromatic rings. The van der Waals surface area contributed by atoms with Crippen molar-refractivity contribution in [1.29, 1.82) is 0 Å². The minimum Gasteiger partial charge on any atom is -0.497 e. The summed E-state index contributed by atoms with van der Waals surface area (Å²) < 4.78 is 11.2. The minimum atomic E-state index is -0.485. The lowest BCUT2D eigenvalue weighted by molar-refractivity contribution is -0.0235. The zero-order valence-electron chi connectivity index (χ0n) is 19.5. The number of benzene rings is 1. The maximum Gasteiger partial charge on any atom is 0.118 e. The number of hydrogen-bond donors (Lipinski definition) is 2.